The van der Waals surface area contributed by atoms with Crippen LogP contribution in [0.15, 0.2) is 18.2 Å². The fraction of sp³-hybridized carbons (Fsp3) is 0.538. The van der Waals surface area contributed by atoms with Crippen LogP contribution in [0.4, 0.5) is 0 Å². The molecule has 0 aliphatic carbocycles. The van der Waals surface area contributed by atoms with Crippen LogP contribution in [0.1, 0.15) is 30.1 Å². The van der Waals surface area contributed by atoms with Crippen molar-refractivity contribution in [2.24, 2.45) is 0 Å². The second-order valence-corrected chi connectivity index (χ2v) is 5.02. The van der Waals surface area contributed by atoms with Crippen LogP contribution in [0.5, 0.6) is 0 Å². The Kier molecular flexibility index (Phi) is 2.88. The molecular formula is C13H16ClNO. The third-order valence-corrected chi connectivity index (χ3v) is 3.78. The van der Waals surface area contributed by atoms with Crippen molar-refractivity contribution in [3.63, 3.8) is 0 Å². The van der Waals surface area contributed by atoms with E-state index in [9.17, 15) is 0 Å². The summed E-state index contributed by atoms with van der Waals surface area (Å²) in [6.07, 6.45) is 3.66. The van der Waals surface area contributed by atoms with Crippen molar-refractivity contribution in [1.29, 1.82) is 0 Å². The molecule has 0 spiro atoms. The number of hydrogen-bond donors (Lipinski definition) is 1. The molecule has 0 unspecified atom stereocenters. The average molecular weight is 238 g/mol. The Morgan fingerprint density at radius 2 is 2.31 bits per heavy atom. The summed E-state index contributed by atoms with van der Waals surface area (Å²) < 4.78 is 5.92. The molecule has 0 bridgehead atoms. The van der Waals surface area contributed by atoms with E-state index < -0.39 is 0 Å². The van der Waals surface area contributed by atoms with Crippen LogP contribution in [0.2, 0.25) is 5.02 Å². The van der Waals surface area contributed by atoms with E-state index in [2.05, 4.69) is 17.4 Å². The number of fused-ring (bicyclic) bond motifs is 1. The molecule has 2 atom stereocenters. The summed E-state index contributed by atoms with van der Waals surface area (Å²) >= 11 is 6.07. The van der Waals surface area contributed by atoms with Gasteiger partial charge in [-0.25, -0.2) is 0 Å². The third kappa shape index (κ3) is 1.86. The zero-order chi connectivity index (χ0) is 11.0. The fourth-order valence-electron chi connectivity index (χ4n) is 2.75. The fourth-order valence-corrected chi connectivity index (χ4v) is 2.93. The van der Waals surface area contributed by atoms with Gasteiger partial charge in [0.1, 0.15) is 0 Å². The van der Waals surface area contributed by atoms with Crippen molar-refractivity contribution in [1.82, 2.24) is 5.32 Å². The first kappa shape index (κ1) is 10.6. The second kappa shape index (κ2) is 4.36. The van der Waals surface area contributed by atoms with Gasteiger partial charge in [-0.2, -0.15) is 0 Å². The van der Waals surface area contributed by atoms with E-state index in [-0.39, 0.29) is 6.10 Å². The van der Waals surface area contributed by atoms with Crippen LogP contribution >= 0.6 is 11.6 Å². The van der Waals surface area contributed by atoms with E-state index in [1.54, 1.807) is 0 Å². The van der Waals surface area contributed by atoms with Crippen LogP contribution in [-0.2, 0) is 11.2 Å². The van der Waals surface area contributed by atoms with E-state index in [1.165, 1.54) is 24.0 Å². The minimum atomic E-state index is 0.199. The van der Waals surface area contributed by atoms with E-state index in [0.717, 1.165) is 24.6 Å². The van der Waals surface area contributed by atoms with Crippen molar-refractivity contribution < 1.29 is 4.74 Å². The Bertz CT molecular complexity index is 388. The topological polar surface area (TPSA) is 21.3 Å². The molecular weight excluding hydrogens is 222 g/mol. The van der Waals surface area contributed by atoms with Crippen LogP contribution < -0.4 is 5.32 Å². The zero-order valence-corrected chi connectivity index (χ0v) is 9.96. The summed E-state index contributed by atoms with van der Waals surface area (Å²) in [4.78, 5) is 0. The predicted octanol–water partition coefficient (Wildman–Crippen LogP) is 2.71. The monoisotopic (exact) mass is 237 g/mol. The minimum Gasteiger partial charge on any atom is -0.372 e. The van der Waals surface area contributed by atoms with Gasteiger partial charge in [-0.05, 0) is 49.1 Å². The number of benzene rings is 1. The maximum Gasteiger partial charge on any atom is 0.0981 e. The molecule has 3 rings (SSSR count). The van der Waals surface area contributed by atoms with Crippen LogP contribution in [0.3, 0.4) is 0 Å². The highest BCUT2D eigenvalue weighted by atomic mass is 35.5. The van der Waals surface area contributed by atoms with Gasteiger partial charge in [0.05, 0.1) is 12.7 Å². The normalized spacial score (nSPS) is 29.1. The first-order valence-corrected chi connectivity index (χ1v) is 6.36. The Labute approximate surface area is 101 Å². The van der Waals surface area contributed by atoms with Gasteiger partial charge >= 0.3 is 0 Å². The molecule has 1 aromatic carbocycles. The Morgan fingerprint density at radius 1 is 1.38 bits per heavy atom. The van der Waals surface area contributed by atoms with Crippen molar-refractivity contribution in [2.75, 3.05) is 13.2 Å². The third-order valence-electron chi connectivity index (χ3n) is 3.55. The smallest absolute Gasteiger partial charge is 0.0981 e. The Balaban J connectivity index is 1.94. The van der Waals surface area contributed by atoms with Crippen LogP contribution in [-0.4, -0.2) is 19.2 Å². The van der Waals surface area contributed by atoms with Crippen molar-refractivity contribution in [3.8, 4) is 0 Å². The van der Waals surface area contributed by atoms with E-state index >= 15 is 0 Å². The molecule has 16 heavy (non-hydrogen) atoms. The molecule has 0 aromatic heterocycles. The molecule has 2 nitrogen and oxygen atoms in total. The molecule has 0 radical (unpaired) electrons. The van der Waals surface area contributed by atoms with Gasteiger partial charge in [-0.1, -0.05) is 17.7 Å². The largest absolute Gasteiger partial charge is 0.372 e. The zero-order valence-electron chi connectivity index (χ0n) is 9.21. The van der Waals surface area contributed by atoms with Gasteiger partial charge < -0.3 is 10.1 Å². The molecule has 0 amide bonds. The van der Waals surface area contributed by atoms with Crippen molar-refractivity contribution >= 4 is 11.6 Å². The molecule has 86 valence electrons. The molecule has 1 aromatic rings. The highest BCUT2D eigenvalue weighted by Gasteiger charge is 2.30. The van der Waals surface area contributed by atoms with Gasteiger partial charge in [0.15, 0.2) is 0 Å². The summed E-state index contributed by atoms with van der Waals surface area (Å²) in [5.74, 6) is 0. The molecule has 2 aliphatic heterocycles. The van der Waals surface area contributed by atoms with Crippen LogP contribution in [0.25, 0.3) is 0 Å². The summed E-state index contributed by atoms with van der Waals surface area (Å²) in [5.41, 5.74) is 2.69. The molecule has 0 saturated carbocycles. The highest BCUT2D eigenvalue weighted by molar-refractivity contribution is 6.30. The van der Waals surface area contributed by atoms with Gasteiger partial charge in [0.2, 0.25) is 0 Å². The van der Waals surface area contributed by atoms with Crippen molar-refractivity contribution in [3.05, 3.63) is 34.3 Å². The lowest BCUT2D eigenvalue weighted by Crippen LogP contribution is -2.33. The highest BCUT2D eigenvalue weighted by Crippen LogP contribution is 2.34. The van der Waals surface area contributed by atoms with Gasteiger partial charge in [-0.3, -0.25) is 0 Å². The van der Waals surface area contributed by atoms with Gasteiger partial charge in [-0.15, -0.1) is 0 Å². The molecule has 1 N–H and O–H groups in total. The molecule has 2 aliphatic rings. The number of nitrogens with one attached hydrogen (secondary N) is 1. The van der Waals surface area contributed by atoms with E-state index in [0.29, 0.717) is 6.04 Å². The summed E-state index contributed by atoms with van der Waals surface area (Å²) in [5, 5.41) is 4.33. The standard InChI is InChI=1S/C13H16ClNO/c14-10-4-3-9-5-7-16-13(11(9)8-10)12-2-1-6-15-12/h3-4,8,12-13,15H,1-2,5-7H2/t12-,13-/m1/s1. The molecule has 2 heterocycles. The number of ether oxygens (including phenoxy) is 1. The Morgan fingerprint density at radius 3 is 3.12 bits per heavy atom. The number of hydrogen-bond acceptors (Lipinski definition) is 2. The number of halogens is 1. The predicted molar refractivity (Wildman–Crippen MR) is 64.9 cm³/mol. The summed E-state index contributed by atoms with van der Waals surface area (Å²) in [6, 6.07) is 6.66. The quantitative estimate of drug-likeness (QED) is 0.811. The van der Waals surface area contributed by atoms with E-state index in [1.807, 2.05) is 6.07 Å². The van der Waals surface area contributed by atoms with Gasteiger partial charge in [0, 0.05) is 11.1 Å². The molecule has 3 heteroatoms. The lowest BCUT2D eigenvalue weighted by molar-refractivity contribution is 0.0199. The lowest BCUT2D eigenvalue weighted by atomic mass is 9.92. The van der Waals surface area contributed by atoms with E-state index in [4.69, 9.17) is 16.3 Å². The van der Waals surface area contributed by atoms with Gasteiger partial charge in [0.25, 0.3) is 0 Å². The summed E-state index contributed by atoms with van der Waals surface area (Å²) in [6.45, 7) is 1.94. The molecule has 1 saturated heterocycles. The first-order chi connectivity index (χ1) is 7.84. The maximum atomic E-state index is 6.07. The lowest BCUT2D eigenvalue weighted by Gasteiger charge is -2.30. The molecule has 1 fully saturated rings. The first-order valence-electron chi connectivity index (χ1n) is 5.98. The average Bonchev–Trinajstić information content (AvgIpc) is 2.81. The maximum absolute atomic E-state index is 6.07. The Hall–Kier alpha value is -0.570. The van der Waals surface area contributed by atoms with Crippen molar-refractivity contribution in [2.45, 2.75) is 31.4 Å². The summed E-state index contributed by atoms with van der Waals surface area (Å²) in [7, 11) is 0. The number of rotatable bonds is 1. The SMILES string of the molecule is Clc1ccc2c(c1)[C@H]([C@H]1CCCN1)OCC2. The second-order valence-electron chi connectivity index (χ2n) is 4.59. The minimum absolute atomic E-state index is 0.199. The van der Waals surface area contributed by atoms with Crippen LogP contribution in [0, 0.1) is 0 Å².